The number of fused-ring (bicyclic) bond motifs is 1. The summed E-state index contributed by atoms with van der Waals surface area (Å²) in [6.07, 6.45) is 3.08. The summed E-state index contributed by atoms with van der Waals surface area (Å²) >= 11 is 0. The van der Waals surface area contributed by atoms with E-state index < -0.39 is 0 Å². The summed E-state index contributed by atoms with van der Waals surface area (Å²) in [4.78, 5) is 0. The molecule has 0 aromatic carbocycles. The van der Waals surface area contributed by atoms with Crippen LogP contribution < -0.4 is 0 Å². The van der Waals surface area contributed by atoms with E-state index in [2.05, 4.69) is 17.2 Å². The maximum atomic E-state index is 5.36. The van der Waals surface area contributed by atoms with Crippen molar-refractivity contribution in [2.45, 2.75) is 12.3 Å². The first kappa shape index (κ1) is 8.00. The number of nitrogens with zero attached hydrogens (tertiary/aromatic N) is 2. The summed E-state index contributed by atoms with van der Waals surface area (Å²) in [6, 6.07) is 8.26. The van der Waals surface area contributed by atoms with Crippen LogP contribution >= 0.6 is 0 Å². The molecule has 0 saturated carbocycles. The van der Waals surface area contributed by atoms with Crippen molar-refractivity contribution < 1.29 is 4.74 Å². The molecule has 1 unspecified atom stereocenters. The standard InChI is InChI=1S/C11H12N2O/c1-2-5-13-10(3-1)7-11(12-13)9-4-6-14-8-9/h1-3,5,7,9H,4,6,8H2. The minimum absolute atomic E-state index is 0.495. The second-order valence-corrected chi connectivity index (χ2v) is 3.70. The Bertz CT molecular complexity index is 410. The van der Waals surface area contributed by atoms with Gasteiger partial charge in [-0.1, -0.05) is 6.07 Å². The number of pyridine rings is 1. The van der Waals surface area contributed by atoms with Gasteiger partial charge in [-0.3, -0.25) is 0 Å². The molecule has 3 heterocycles. The second-order valence-electron chi connectivity index (χ2n) is 3.70. The van der Waals surface area contributed by atoms with Crippen LogP contribution in [0.2, 0.25) is 0 Å². The molecule has 14 heavy (non-hydrogen) atoms. The first-order chi connectivity index (χ1) is 6.93. The van der Waals surface area contributed by atoms with Gasteiger partial charge in [0.25, 0.3) is 0 Å². The highest BCUT2D eigenvalue weighted by Crippen LogP contribution is 2.24. The third-order valence-corrected chi connectivity index (χ3v) is 2.74. The van der Waals surface area contributed by atoms with Gasteiger partial charge in [-0.15, -0.1) is 0 Å². The molecule has 1 aliphatic rings. The average Bonchev–Trinajstić information content (AvgIpc) is 2.86. The molecule has 0 N–H and O–H groups in total. The predicted molar refractivity (Wildman–Crippen MR) is 53.4 cm³/mol. The molecule has 0 amide bonds. The molecular weight excluding hydrogens is 176 g/mol. The van der Waals surface area contributed by atoms with Crippen LogP contribution in [0.1, 0.15) is 18.0 Å². The molecule has 1 atom stereocenters. The number of ether oxygens (including phenoxy) is 1. The molecule has 3 heteroatoms. The maximum Gasteiger partial charge on any atom is 0.0689 e. The predicted octanol–water partition coefficient (Wildman–Crippen LogP) is 1.84. The molecule has 2 aromatic heterocycles. The zero-order chi connectivity index (χ0) is 9.38. The van der Waals surface area contributed by atoms with Crippen molar-refractivity contribution in [2.24, 2.45) is 0 Å². The van der Waals surface area contributed by atoms with E-state index >= 15 is 0 Å². The van der Waals surface area contributed by atoms with Gasteiger partial charge in [0.1, 0.15) is 0 Å². The lowest BCUT2D eigenvalue weighted by molar-refractivity contribution is 0.193. The SMILES string of the molecule is c1ccn2nc(C3CCOC3)cc2c1. The van der Waals surface area contributed by atoms with Crippen LogP contribution in [0.25, 0.3) is 5.52 Å². The molecule has 0 aliphatic carbocycles. The number of hydrogen-bond donors (Lipinski definition) is 0. The lowest BCUT2D eigenvalue weighted by atomic mass is 10.1. The van der Waals surface area contributed by atoms with Gasteiger partial charge in [-0.2, -0.15) is 5.10 Å². The monoisotopic (exact) mass is 188 g/mol. The second kappa shape index (κ2) is 3.10. The van der Waals surface area contributed by atoms with Gasteiger partial charge in [0.15, 0.2) is 0 Å². The van der Waals surface area contributed by atoms with E-state index in [-0.39, 0.29) is 0 Å². The Morgan fingerprint density at radius 1 is 1.43 bits per heavy atom. The fourth-order valence-electron chi connectivity index (χ4n) is 1.93. The topological polar surface area (TPSA) is 26.5 Å². The highest BCUT2D eigenvalue weighted by molar-refractivity contribution is 5.47. The van der Waals surface area contributed by atoms with E-state index in [1.54, 1.807) is 0 Å². The minimum atomic E-state index is 0.495. The zero-order valence-corrected chi connectivity index (χ0v) is 7.89. The van der Waals surface area contributed by atoms with Crippen molar-refractivity contribution in [2.75, 3.05) is 13.2 Å². The highest BCUT2D eigenvalue weighted by Gasteiger charge is 2.20. The largest absolute Gasteiger partial charge is 0.381 e. The van der Waals surface area contributed by atoms with Crippen LogP contribution in [-0.4, -0.2) is 22.8 Å². The van der Waals surface area contributed by atoms with E-state index in [0.29, 0.717) is 5.92 Å². The van der Waals surface area contributed by atoms with E-state index in [4.69, 9.17) is 4.74 Å². The van der Waals surface area contributed by atoms with Crippen LogP contribution in [0, 0.1) is 0 Å². The third-order valence-electron chi connectivity index (χ3n) is 2.74. The third kappa shape index (κ3) is 1.21. The summed E-state index contributed by atoms with van der Waals surface area (Å²) in [5, 5.41) is 4.53. The summed E-state index contributed by atoms with van der Waals surface area (Å²) in [5.74, 6) is 0.495. The van der Waals surface area contributed by atoms with Crippen molar-refractivity contribution in [3.63, 3.8) is 0 Å². The van der Waals surface area contributed by atoms with E-state index in [1.807, 2.05) is 22.8 Å². The van der Waals surface area contributed by atoms with Gasteiger partial charge in [-0.05, 0) is 24.6 Å². The Hall–Kier alpha value is -1.35. The molecule has 1 fully saturated rings. The van der Waals surface area contributed by atoms with Crippen molar-refractivity contribution >= 4 is 5.52 Å². The van der Waals surface area contributed by atoms with Crippen molar-refractivity contribution in [3.05, 3.63) is 36.2 Å². The van der Waals surface area contributed by atoms with Crippen LogP contribution in [0.4, 0.5) is 0 Å². The Morgan fingerprint density at radius 2 is 2.43 bits per heavy atom. The number of rotatable bonds is 1. The smallest absolute Gasteiger partial charge is 0.0689 e. The molecular formula is C11H12N2O. The van der Waals surface area contributed by atoms with Crippen molar-refractivity contribution in [1.82, 2.24) is 9.61 Å². The summed E-state index contributed by atoms with van der Waals surface area (Å²) in [6.45, 7) is 1.70. The van der Waals surface area contributed by atoms with Crippen LogP contribution in [0.3, 0.4) is 0 Å². The molecule has 72 valence electrons. The molecule has 0 spiro atoms. The summed E-state index contributed by atoms with van der Waals surface area (Å²) in [5.41, 5.74) is 2.32. The lowest BCUT2D eigenvalue weighted by Gasteiger charge is -2.00. The molecule has 0 radical (unpaired) electrons. The van der Waals surface area contributed by atoms with E-state index in [1.165, 1.54) is 0 Å². The van der Waals surface area contributed by atoms with Crippen LogP contribution in [0.15, 0.2) is 30.5 Å². The molecule has 3 nitrogen and oxygen atoms in total. The van der Waals surface area contributed by atoms with Crippen molar-refractivity contribution in [1.29, 1.82) is 0 Å². The first-order valence-electron chi connectivity index (χ1n) is 4.95. The fourth-order valence-corrected chi connectivity index (χ4v) is 1.93. The van der Waals surface area contributed by atoms with Gasteiger partial charge < -0.3 is 4.74 Å². The molecule has 3 rings (SSSR count). The Kier molecular flexibility index (Phi) is 1.77. The van der Waals surface area contributed by atoms with Gasteiger partial charge >= 0.3 is 0 Å². The van der Waals surface area contributed by atoms with E-state index in [0.717, 1.165) is 30.8 Å². The Balaban J connectivity index is 2.05. The molecule has 0 bridgehead atoms. The fraction of sp³-hybridized carbons (Fsp3) is 0.364. The number of hydrogen-bond acceptors (Lipinski definition) is 2. The average molecular weight is 188 g/mol. The normalized spacial score (nSPS) is 21.9. The molecule has 1 aliphatic heterocycles. The maximum absolute atomic E-state index is 5.36. The Labute approximate surface area is 82.3 Å². The van der Waals surface area contributed by atoms with Crippen LogP contribution in [-0.2, 0) is 4.74 Å². The molecule has 2 aromatic rings. The van der Waals surface area contributed by atoms with Gasteiger partial charge in [0.2, 0.25) is 0 Å². The lowest BCUT2D eigenvalue weighted by Crippen LogP contribution is -1.98. The van der Waals surface area contributed by atoms with Crippen molar-refractivity contribution in [3.8, 4) is 0 Å². The quantitative estimate of drug-likeness (QED) is 0.682. The van der Waals surface area contributed by atoms with E-state index in [9.17, 15) is 0 Å². The molecule has 1 saturated heterocycles. The van der Waals surface area contributed by atoms with Gasteiger partial charge in [-0.25, -0.2) is 4.52 Å². The van der Waals surface area contributed by atoms with Gasteiger partial charge in [0, 0.05) is 18.7 Å². The first-order valence-corrected chi connectivity index (χ1v) is 4.95. The van der Waals surface area contributed by atoms with Gasteiger partial charge in [0.05, 0.1) is 17.8 Å². The highest BCUT2D eigenvalue weighted by atomic mass is 16.5. The minimum Gasteiger partial charge on any atom is -0.381 e. The Morgan fingerprint density at radius 3 is 3.21 bits per heavy atom. The zero-order valence-electron chi connectivity index (χ0n) is 7.89. The van der Waals surface area contributed by atoms with Crippen LogP contribution in [0.5, 0.6) is 0 Å². The summed E-state index contributed by atoms with van der Waals surface area (Å²) < 4.78 is 7.28. The number of aromatic nitrogens is 2. The summed E-state index contributed by atoms with van der Waals surface area (Å²) in [7, 11) is 0.